The Morgan fingerprint density at radius 1 is 1.38 bits per heavy atom. The van der Waals surface area contributed by atoms with E-state index in [2.05, 4.69) is 15.2 Å². The van der Waals surface area contributed by atoms with Gasteiger partial charge in [-0.1, -0.05) is 11.6 Å². The molecule has 2 aliphatic heterocycles. The van der Waals surface area contributed by atoms with Crippen LogP contribution < -0.4 is 5.32 Å². The summed E-state index contributed by atoms with van der Waals surface area (Å²) in [5.41, 5.74) is 0. The Labute approximate surface area is 101 Å². The number of hydrogen-bond donors (Lipinski definition) is 1. The normalized spacial score (nSPS) is 29.3. The summed E-state index contributed by atoms with van der Waals surface area (Å²) in [6.07, 6.45) is 5.63. The molecule has 4 heteroatoms. The number of aromatic nitrogens is 1. The molecule has 1 aromatic heterocycles. The molecule has 3 nitrogen and oxygen atoms in total. The van der Waals surface area contributed by atoms with Gasteiger partial charge in [0, 0.05) is 24.8 Å². The molecule has 2 atom stereocenters. The van der Waals surface area contributed by atoms with E-state index in [0.29, 0.717) is 12.1 Å². The second-order valence-corrected chi connectivity index (χ2v) is 5.03. The molecular weight excluding hydrogens is 222 g/mol. The Bertz CT molecular complexity index is 382. The summed E-state index contributed by atoms with van der Waals surface area (Å²) in [5.74, 6) is 0.836. The van der Waals surface area contributed by atoms with Crippen molar-refractivity contribution in [2.45, 2.75) is 31.3 Å². The summed E-state index contributed by atoms with van der Waals surface area (Å²) in [7, 11) is 0. The van der Waals surface area contributed by atoms with Crippen LogP contribution in [0, 0.1) is 0 Å². The van der Waals surface area contributed by atoms with E-state index in [0.717, 1.165) is 10.8 Å². The van der Waals surface area contributed by atoms with Crippen molar-refractivity contribution in [3.05, 3.63) is 23.4 Å². The van der Waals surface area contributed by atoms with Gasteiger partial charge in [-0.05, 0) is 37.9 Å². The predicted octanol–water partition coefficient (Wildman–Crippen LogP) is 2.38. The molecule has 0 aromatic carbocycles. The number of hydrogen-bond acceptors (Lipinski definition) is 3. The minimum Gasteiger partial charge on any atom is -0.364 e. The highest BCUT2D eigenvalue weighted by atomic mass is 35.5. The van der Waals surface area contributed by atoms with Crippen LogP contribution in [0.5, 0.6) is 0 Å². The maximum atomic E-state index is 6.11. The third kappa shape index (κ3) is 1.78. The summed E-state index contributed by atoms with van der Waals surface area (Å²) < 4.78 is 0. The molecule has 2 unspecified atom stereocenters. The third-order valence-corrected chi connectivity index (χ3v) is 3.99. The van der Waals surface area contributed by atoms with Crippen molar-refractivity contribution in [1.29, 1.82) is 0 Å². The summed E-state index contributed by atoms with van der Waals surface area (Å²) in [6.45, 7) is 2.48. The van der Waals surface area contributed by atoms with E-state index >= 15 is 0 Å². The van der Waals surface area contributed by atoms with Crippen LogP contribution >= 0.6 is 11.6 Å². The minimum absolute atomic E-state index is 0.523. The van der Waals surface area contributed by atoms with Crippen molar-refractivity contribution in [3.63, 3.8) is 0 Å². The van der Waals surface area contributed by atoms with Gasteiger partial charge in [0.1, 0.15) is 5.82 Å². The fourth-order valence-corrected chi connectivity index (χ4v) is 3.09. The lowest BCUT2D eigenvalue weighted by Gasteiger charge is -2.22. The first-order valence-electron chi connectivity index (χ1n) is 5.96. The first-order valence-corrected chi connectivity index (χ1v) is 6.33. The Hall–Kier alpha value is -0.800. The molecule has 0 spiro atoms. The molecule has 2 saturated heterocycles. The van der Waals surface area contributed by atoms with Gasteiger partial charge in [0.25, 0.3) is 0 Å². The van der Waals surface area contributed by atoms with Gasteiger partial charge in [-0.3, -0.25) is 4.90 Å². The molecule has 0 bridgehead atoms. The topological polar surface area (TPSA) is 28.2 Å². The summed E-state index contributed by atoms with van der Waals surface area (Å²) in [6, 6.07) is 4.97. The minimum atomic E-state index is 0.523. The van der Waals surface area contributed by atoms with Crippen molar-refractivity contribution >= 4 is 17.4 Å². The van der Waals surface area contributed by atoms with Crippen molar-refractivity contribution in [2.24, 2.45) is 0 Å². The van der Waals surface area contributed by atoms with E-state index in [1.165, 1.54) is 32.4 Å². The molecule has 0 saturated carbocycles. The molecule has 0 aliphatic carbocycles. The molecule has 86 valence electrons. The van der Waals surface area contributed by atoms with E-state index in [1.54, 1.807) is 6.20 Å². The fraction of sp³-hybridized carbons (Fsp3) is 0.583. The zero-order valence-corrected chi connectivity index (χ0v) is 9.95. The molecule has 0 radical (unpaired) electrons. The molecule has 16 heavy (non-hydrogen) atoms. The van der Waals surface area contributed by atoms with Crippen molar-refractivity contribution in [2.75, 3.05) is 18.4 Å². The molecule has 1 aromatic rings. The monoisotopic (exact) mass is 237 g/mol. The average Bonchev–Trinajstić information content (AvgIpc) is 2.86. The zero-order valence-electron chi connectivity index (χ0n) is 9.19. The average molecular weight is 238 g/mol. The molecule has 0 amide bonds. The highest BCUT2D eigenvalue weighted by molar-refractivity contribution is 6.32. The van der Waals surface area contributed by atoms with Gasteiger partial charge < -0.3 is 5.32 Å². The molecule has 3 heterocycles. The van der Waals surface area contributed by atoms with Crippen LogP contribution in [-0.4, -0.2) is 35.1 Å². The fourth-order valence-electron chi connectivity index (χ4n) is 2.92. The Balaban J connectivity index is 1.73. The maximum absolute atomic E-state index is 6.11. The lowest BCUT2D eigenvalue weighted by Crippen LogP contribution is -2.34. The molecular formula is C12H16ClN3. The van der Waals surface area contributed by atoms with Crippen molar-refractivity contribution in [1.82, 2.24) is 9.88 Å². The van der Waals surface area contributed by atoms with Crippen molar-refractivity contribution < 1.29 is 0 Å². The number of fused-ring (bicyclic) bond motifs is 1. The van der Waals surface area contributed by atoms with Crippen molar-refractivity contribution in [3.8, 4) is 0 Å². The maximum Gasteiger partial charge on any atom is 0.145 e. The van der Waals surface area contributed by atoms with Gasteiger partial charge in [0.15, 0.2) is 0 Å². The van der Waals surface area contributed by atoms with Gasteiger partial charge in [-0.15, -0.1) is 0 Å². The van der Waals surface area contributed by atoms with Gasteiger partial charge in [0.05, 0.1) is 5.02 Å². The number of rotatable bonds is 2. The van der Waals surface area contributed by atoms with Crippen LogP contribution in [0.1, 0.15) is 19.3 Å². The third-order valence-electron chi connectivity index (χ3n) is 3.69. The van der Waals surface area contributed by atoms with Gasteiger partial charge >= 0.3 is 0 Å². The quantitative estimate of drug-likeness (QED) is 0.856. The number of nitrogens with one attached hydrogen (secondary N) is 1. The van der Waals surface area contributed by atoms with Crippen LogP contribution in [0.15, 0.2) is 18.3 Å². The smallest absolute Gasteiger partial charge is 0.145 e. The number of anilines is 1. The molecule has 3 rings (SSSR count). The molecule has 1 N–H and O–H groups in total. The van der Waals surface area contributed by atoms with Crippen LogP contribution in [0.4, 0.5) is 5.82 Å². The Morgan fingerprint density at radius 2 is 2.31 bits per heavy atom. The van der Waals surface area contributed by atoms with E-state index < -0.39 is 0 Å². The van der Waals surface area contributed by atoms with E-state index in [-0.39, 0.29) is 0 Å². The second-order valence-electron chi connectivity index (χ2n) is 4.62. The first kappa shape index (κ1) is 10.4. The number of nitrogens with zero attached hydrogens (tertiary/aromatic N) is 2. The largest absolute Gasteiger partial charge is 0.364 e. The number of halogens is 1. The SMILES string of the molecule is Clc1cccnc1NC1CCN2CCCC12. The lowest BCUT2D eigenvalue weighted by molar-refractivity contribution is 0.318. The second kappa shape index (κ2) is 4.22. The highest BCUT2D eigenvalue weighted by Crippen LogP contribution is 2.31. The van der Waals surface area contributed by atoms with Gasteiger partial charge in [0.2, 0.25) is 0 Å². The lowest BCUT2D eigenvalue weighted by atomic mass is 10.1. The highest BCUT2D eigenvalue weighted by Gasteiger charge is 2.37. The van der Waals surface area contributed by atoms with E-state index in [9.17, 15) is 0 Å². The van der Waals surface area contributed by atoms with Crippen LogP contribution in [0.2, 0.25) is 5.02 Å². The first-order chi connectivity index (χ1) is 7.84. The van der Waals surface area contributed by atoms with E-state index in [1.807, 2.05) is 12.1 Å². The summed E-state index contributed by atoms with van der Waals surface area (Å²) in [4.78, 5) is 6.87. The summed E-state index contributed by atoms with van der Waals surface area (Å²) >= 11 is 6.11. The van der Waals surface area contributed by atoms with Gasteiger partial charge in [-0.25, -0.2) is 4.98 Å². The van der Waals surface area contributed by atoms with E-state index in [4.69, 9.17) is 11.6 Å². The number of pyridine rings is 1. The predicted molar refractivity (Wildman–Crippen MR) is 65.9 cm³/mol. The zero-order chi connectivity index (χ0) is 11.0. The van der Waals surface area contributed by atoms with Gasteiger partial charge in [-0.2, -0.15) is 0 Å². The summed E-state index contributed by atoms with van der Waals surface area (Å²) in [5, 5.41) is 4.22. The molecule has 2 fully saturated rings. The van der Waals surface area contributed by atoms with Crippen LogP contribution in [-0.2, 0) is 0 Å². The van der Waals surface area contributed by atoms with Crippen LogP contribution in [0.25, 0.3) is 0 Å². The van der Waals surface area contributed by atoms with Crippen LogP contribution in [0.3, 0.4) is 0 Å². The standard InChI is InChI=1S/C12H16ClN3/c13-9-3-1-6-14-12(9)15-10-5-8-16-7-2-4-11(10)16/h1,3,6,10-11H,2,4-5,7-8H2,(H,14,15). The Morgan fingerprint density at radius 3 is 3.19 bits per heavy atom. The Kier molecular flexibility index (Phi) is 2.74. The molecule has 2 aliphatic rings.